The molecule has 1 saturated heterocycles. The van der Waals surface area contributed by atoms with Crippen LogP contribution in [0.3, 0.4) is 0 Å². The number of nitrogens with one attached hydrogen (secondary N) is 2. The number of benzene rings is 1. The van der Waals surface area contributed by atoms with E-state index in [1.165, 1.54) is 5.56 Å². The monoisotopic (exact) mass is 536 g/mol. The number of likely N-dealkylation sites (tertiary alicyclic amines) is 1. The molecule has 0 radical (unpaired) electrons. The van der Waals surface area contributed by atoms with E-state index in [9.17, 15) is 0 Å². The van der Waals surface area contributed by atoms with Crippen molar-refractivity contribution in [1.29, 1.82) is 0 Å². The smallest absolute Gasteiger partial charge is 0.191 e. The third-order valence-electron chi connectivity index (χ3n) is 4.84. The second kappa shape index (κ2) is 15.5. The van der Waals surface area contributed by atoms with Crippen LogP contribution in [-0.2, 0) is 16.0 Å². The summed E-state index contributed by atoms with van der Waals surface area (Å²) in [7, 11) is 6.84. The van der Waals surface area contributed by atoms with Crippen molar-refractivity contribution in [2.24, 2.45) is 4.99 Å². The normalized spacial score (nSPS) is 16.8. The molecular weight excluding hydrogens is 499 g/mol. The van der Waals surface area contributed by atoms with Gasteiger partial charge in [-0.3, -0.25) is 9.89 Å². The molecule has 0 saturated carbocycles. The van der Waals surface area contributed by atoms with E-state index in [1.807, 2.05) is 6.07 Å². The number of hydrogen-bond donors (Lipinski definition) is 2. The molecule has 1 unspecified atom stereocenters. The SMILES string of the molecule is CN=C(NCCCOCCOC)NC1CCN(Cc2cc(OC)cc(OC)c2)C1.I. The number of rotatable bonds is 12. The molecule has 8 nitrogen and oxygen atoms in total. The number of ether oxygens (including phenoxy) is 4. The number of hydrogen-bond acceptors (Lipinski definition) is 6. The summed E-state index contributed by atoms with van der Waals surface area (Å²) in [5.74, 6) is 2.49. The third kappa shape index (κ3) is 9.67. The molecule has 1 aliphatic rings. The molecule has 1 aromatic rings. The molecule has 9 heteroatoms. The lowest BCUT2D eigenvalue weighted by molar-refractivity contribution is 0.0698. The fraction of sp³-hybridized carbons (Fsp3) is 0.667. The van der Waals surface area contributed by atoms with Crippen LogP contribution in [0.15, 0.2) is 23.2 Å². The van der Waals surface area contributed by atoms with Crippen LogP contribution in [0.25, 0.3) is 0 Å². The van der Waals surface area contributed by atoms with Crippen LogP contribution in [-0.4, -0.2) is 84.7 Å². The minimum atomic E-state index is 0. The van der Waals surface area contributed by atoms with Gasteiger partial charge in [-0.25, -0.2) is 0 Å². The molecule has 1 atom stereocenters. The molecule has 0 bridgehead atoms. The van der Waals surface area contributed by atoms with E-state index < -0.39 is 0 Å². The van der Waals surface area contributed by atoms with Gasteiger partial charge in [-0.15, -0.1) is 24.0 Å². The summed E-state index contributed by atoms with van der Waals surface area (Å²) in [6.45, 7) is 5.71. The van der Waals surface area contributed by atoms with Gasteiger partial charge in [0.25, 0.3) is 0 Å². The molecule has 0 amide bonds. The predicted octanol–water partition coefficient (Wildman–Crippen LogP) is 2.11. The number of nitrogens with zero attached hydrogens (tertiary/aromatic N) is 2. The first kappa shape index (κ1) is 26.7. The van der Waals surface area contributed by atoms with E-state index in [0.717, 1.165) is 56.5 Å². The van der Waals surface area contributed by atoms with Crippen molar-refractivity contribution in [2.45, 2.75) is 25.4 Å². The summed E-state index contributed by atoms with van der Waals surface area (Å²) in [6.07, 6.45) is 2.01. The number of halogens is 1. The molecule has 1 aliphatic heterocycles. The number of aliphatic imine (C=N–C) groups is 1. The molecule has 1 fully saturated rings. The minimum absolute atomic E-state index is 0. The van der Waals surface area contributed by atoms with Crippen LogP contribution in [0.4, 0.5) is 0 Å². The van der Waals surface area contributed by atoms with E-state index >= 15 is 0 Å². The van der Waals surface area contributed by atoms with Gasteiger partial charge in [-0.2, -0.15) is 0 Å². The average Bonchev–Trinajstić information content (AvgIpc) is 3.18. The van der Waals surface area contributed by atoms with Crippen molar-refractivity contribution < 1.29 is 18.9 Å². The van der Waals surface area contributed by atoms with Crippen molar-refractivity contribution in [2.75, 3.05) is 67.8 Å². The van der Waals surface area contributed by atoms with Gasteiger partial charge < -0.3 is 29.6 Å². The van der Waals surface area contributed by atoms with E-state index in [4.69, 9.17) is 18.9 Å². The minimum Gasteiger partial charge on any atom is -0.497 e. The molecule has 1 aromatic carbocycles. The van der Waals surface area contributed by atoms with Crippen LogP contribution in [0.1, 0.15) is 18.4 Å². The second-order valence-corrected chi connectivity index (χ2v) is 7.04. The van der Waals surface area contributed by atoms with Crippen molar-refractivity contribution in [1.82, 2.24) is 15.5 Å². The van der Waals surface area contributed by atoms with E-state index in [1.54, 1.807) is 28.4 Å². The summed E-state index contributed by atoms with van der Waals surface area (Å²) in [5.41, 5.74) is 1.19. The Balaban J connectivity index is 0.00000450. The zero-order valence-electron chi connectivity index (χ0n) is 18.6. The fourth-order valence-electron chi connectivity index (χ4n) is 3.32. The lowest BCUT2D eigenvalue weighted by Gasteiger charge is -2.19. The largest absolute Gasteiger partial charge is 0.497 e. The average molecular weight is 536 g/mol. The summed E-state index contributed by atoms with van der Waals surface area (Å²) in [5, 5.41) is 6.88. The van der Waals surface area contributed by atoms with Gasteiger partial charge in [-0.1, -0.05) is 0 Å². The molecule has 1 heterocycles. The maximum absolute atomic E-state index is 5.48. The number of methoxy groups -OCH3 is 3. The predicted molar refractivity (Wildman–Crippen MR) is 130 cm³/mol. The van der Waals surface area contributed by atoms with E-state index in [0.29, 0.717) is 25.9 Å². The topological polar surface area (TPSA) is 76.6 Å². The van der Waals surface area contributed by atoms with Gasteiger partial charge in [0.05, 0.1) is 27.4 Å². The Morgan fingerprint density at radius 3 is 2.47 bits per heavy atom. The van der Waals surface area contributed by atoms with E-state index in [2.05, 4.69) is 32.7 Å². The first-order valence-corrected chi connectivity index (χ1v) is 10.2. The Kier molecular flexibility index (Phi) is 13.8. The first-order chi connectivity index (χ1) is 14.2. The lowest BCUT2D eigenvalue weighted by Crippen LogP contribution is -2.44. The maximum Gasteiger partial charge on any atom is 0.191 e. The zero-order valence-corrected chi connectivity index (χ0v) is 20.9. The van der Waals surface area contributed by atoms with Crippen molar-refractivity contribution in [3.05, 3.63) is 23.8 Å². The summed E-state index contributed by atoms with van der Waals surface area (Å²) < 4.78 is 21.2. The Hall–Kier alpha value is -1.30. The van der Waals surface area contributed by atoms with Crippen molar-refractivity contribution >= 4 is 29.9 Å². The molecule has 172 valence electrons. The highest BCUT2D eigenvalue weighted by molar-refractivity contribution is 14.0. The maximum atomic E-state index is 5.48. The van der Waals surface area contributed by atoms with Crippen LogP contribution in [0, 0.1) is 0 Å². The summed E-state index contributed by atoms with van der Waals surface area (Å²) >= 11 is 0. The lowest BCUT2D eigenvalue weighted by atomic mass is 10.2. The Labute approximate surface area is 197 Å². The Morgan fingerprint density at radius 1 is 1.10 bits per heavy atom. The highest BCUT2D eigenvalue weighted by Crippen LogP contribution is 2.24. The quantitative estimate of drug-likeness (QED) is 0.184. The van der Waals surface area contributed by atoms with Crippen LogP contribution >= 0.6 is 24.0 Å². The molecule has 0 aromatic heterocycles. The van der Waals surface area contributed by atoms with Gasteiger partial charge in [0.1, 0.15) is 11.5 Å². The summed E-state index contributed by atoms with van der Waals surface area (Å²) in [6, 6.07) is 6.42. The van der Waals surface area contributed by atoms with Crippen LogP contribution < -0.4 is 20.1 Å². The zero-order chi connectivity index (χ0) is 20.9. The fourth-order valence-corrected chi connectivity index (χ4v) is 3.32. The second-order valence-electron chi connectivity index (χ2n) is 7.04. The number of guanidine groups is 1. The molecular formula is C21H37IN4O4. The molecule has 30 heavy (non-hydrogen) atoms. The van der Waals surface area contributed by atoms with Gasteiger partial charge in [0.2, 0.25) is 0 Å². The first-order valence-electron chi connectivity index (χ1n) is 10.2. The van der Waals surface area contributed by atoms with E-state index in [-0.39, 0.29) is 24.0 Å². The highest BCUT2D eigenvalue weighted by Gasteiger charge is 2.23. The van der Waals surface area contributed by atoms with Gasteiger partial charge in [0.15, 0.2) is 5.96 Å². The van der Waals surface area contributed by atoms with Crippen LogP contribution in [0.5, 0.6) is 11.5 Å². The van der Waals surface area contributed by atoms with Crippen LogP contribution in [0.2, 0.25) is 0 Å². The van der Waals surface area contributed by atoms with Gasteiger partial charge >= 0.3 is 0 Å². The van der Waals surface area contributed by atoms with Crippen molar-refractivity contribution in [3.8, 4) is 11.5 Å². The van der Waals surface area contributed by atoms with Gasteiger partial charge in [-0.05, 0) is 30.5 Å². The molecule has 2 rings (SSSR count). The highest BCUT2D eigenvalue weighted by atomic mass is 127. The van der Waals surface area contributed by atoms with Crippen molar-refractivity contribution in [3.63, 3.8) is 0 Å². The molecule has 0 aliphatic carbocycles. The standard InChI is InChI=1S/C21H36N4O4.HI/c1-22-21(23-7-5-9-29-11-10-26-2)24-18-6-8-25(16-18)15-17-12-19(27-3)14-20(13-17)28-4;/h12-14,18H,5-11,15-16H2,1-4H3,(H2,22,23,24);1H. The Bertz CT molecular complexity index is 611. The van der Waals surface area contributed by atoms with Gasteiger partial charge in [0, 0.05) is 59.1 Å². The Morgan fingerprint density at radius 2 is 1.83 bits per heavy atom. The third-order valence-corrected chi connectivity index (χ3v) is 4.84. The molecule has 2 N–H and O–H groups in total. The molecule has 0 spiro atoms. The summed E-state index contributed by atoms with van der Waals surface area (Å²) in [4.78, 5) is 6.77.